The number of fused-ring (bicyclic) bond motifs is 1. The van der Waals surface area contributed by atoms with Crippen LogP contribution in [-0.4, -0.2) is 103 Å². The number of rotatable bonds is 12. The van der Waals surface area contributed by atoms with E-state index in [1.54, 1.807) is 26.0 Å². The van der Waals surface area contributed by atoms with E-state index in [1.165, 1.54) is 9.80 Å². The minimum Gasteiger partial charge on any atom is -0.444 e. The highest BCUT2D eigenvalue weighted by Crippen LogP contribution is 2.22. The zero-order chi connectivity index (χ0) is 34.8. The highest BCUT2D eigenvalue weighted by molar-refractivity contribution is 5.92. The van der Waals surface area contributed by atoms with E-state index >= 15 is 0 Å². The number of hydrogen-bond acceptors (Lipinski definition) is 6. The van der Waals surface area contributed by atoms with Gasteiger partial charge < -0.3 is 29.5 Å². The van der Waals surface area contributed by atoms with Gasteiger partial charge in [-0.25, -0.2) is 4.79 Å². The summed E-state index contributed by atoms with van der Waals surface area (Å²) in [6.07, 6.45) is 2.76. The fourth-order valence-corrected chi connectivity index (χ4v) is 6.07. The summed E-state index contributed by atoms with van der Waals surface area (Å²) in [4.78, 5) is 58.5. The third-order valence-electron chi connectivity index (χ3n) is 8.82. The Bertz CT molecular complexity index is 1560. The lowest BCUT2D eigenvalue weighted by Crippen LogP contribution is -2.56. The van der Waals surface area contributed by atoms with Crippen molar-refractivity contribution in [1.82, 2.24) is 20.0 Å². The lowest BCUT2D eigenvalue weighted by molar-refractivity contribution is -0.149. The van der Waals surface area contributed by atoms with Crippen molar-refractivity contribution in [3.8, 4) is 0 Å². The maximum absolute atomic E-state index is 14.3. The van der Waals surface area contributed by atoms with Gasteiger partial charge in [-0.15, -0.1) is 0 Å². The molecule has 0 radical (unpaired) electrons. The first-order valence-electron chi connectivity index (χ1n) is 16.7. The number of carbonyl (C=O) groups excluding carboxylic acids is 4. The Hall–Kier alpha value is -4.44. The van der Waals surface area contributed by atoms with Gasteiger partial charge in [-0.3, -0.25) is 14.4 Å². The van der Waals surface area contributed by atoms with E-state index in [0.717, 1.165) is 41.2 Å². The van der Waals surface area contributed by atoms with Gasteiger partial charge in [0.1, 0.15) is 24.3 Å². The van der Waals surface area contributed by atoms with E-state index < -0.39 is 17.7 Å². The molecule has 4 amide bonds. The Morgan fingerprint density at radius 3 is 2.21 bits per heavy atom. The van der Waals surface area contributed by atoms with Crippen LogP contribution in [0.3, 0.4) is 0 Å². The van der Waals surface area contributed by atoms with E-state index in [9.17, 15) is 19.2 Å². The number of carbonyl (C=O) groups is 4. The van der Waals surface area contributed by atoms with Crippen molar-refractivity contribution in [2.24, 2.45) is 0 Å². The zero-order valence-corrected chi connectivity index (χ0v) is 29.1. The summed E-state index contributed by atoms with van der Waals surface area (Å²) in [5, 5.41) is 4.80. The average molecular weight is 659 g/mol. The predicted molar refractivity (Wildman–Crippen MR) is 186 cm³/mol. The van der Waals surface area contributed by atoms with Crippen LogP contribution in [0.15, 0.2) is 72.8 Å². The molecule has 1 heterocycles. The Morgan fingerprint density at radius 2 is 1.52 bits per heavy atom. The summed E-state index contributed by atoms with van der Waals surface area (Å²) in [6, 6.07) is 21.6. The normalized spacial score (nSPS) is 16.1. The van der Waals surface area contributed by atoms with Crippen LogP contribution in [0.2, 0.25) is 0 Å². The molecule has 10 nitrogen and oxygen atoms in total. The molecule has 1 aliphatic heterocycles. The van der Waals surface area contributed by atoms with Crippen LogP contribution < -0.4 is 5.32 Å². The fourth-order valence-electron chi connectivity index (χ4n) is 6.07. The Labute approximate surface area is 284 Å². The summed E-state index contributed by atoms with van der Waals surface area (Å²) in [6.45, 7) is 5.99. The third kappa shape index (κ3) is 9.79. The molecule has 258 valence electrons. The summed E-state index contributed by atoms with van der Waals surface area (Å²) in [5.74, 6) is -1.02. The van der Waals surface area contributed by atoms with Gasteiger partial charge in [0.05, 0.1) is 12.6 Å². The molecule has 3 aromatic carbocycles. The van der Waals surface area contributed by atoms with E-state index in [1.807, 2.05) is 93.6 Å². The SMILES string of the molecule is CNC(=O)[C@@H](Cc1ccccc1)N(C)C(=O)[C@@H](Cc1ccc2ccccc2c1)N(C)C(=O)COCC1CCCCN1C(=O)OC(C)(C)C. The number of nitrogens with zero attached hydrogens (tertiary/aromatic N) is 3. The van der Waals surface area contributed by atoms with Crippen LogP contribution in [0.25, 0.3) is 10.8 Å². The molecular formula is C38H50N4O6. The van der Waals surface area contributed by atoms with Crippen LogP contribution in [0, 0.1) is 0 Å². The number of piperidine rings is 1. The van der Waals surface area contributed by atoms with Crippen molar-refractivity contribution in [2.75, 3.05) is 40.9 Å². The first kappa shape index (κ1) is 36.4. The molecule has 3 atom stereocenters. The second-order valence-electron chi connectivity index (χ2n) is 13.5. The molecule has 48 heavy (non-hydrogen) atoms. The lowest BCUT2D eigenvalue weighted by atomic mass is 9.98. The number of hydrogen-bond donors (Lipinski definition) is 1. The van der Waals surface area contributed by atoms with Crippen LogP contribution >= 0.6 is 0 Å². The smallest absolute Gasteiger partial charge is 0.410 e. The van der Waals surface area contributed by atoms with Crippen molar-refractivity contribution in [2.45, 2.75) is 76.6 Å². The number of nitrogens with one attached hydrogen (secondary N) is 1. The topological polar surface area (TPSA) is 108 Å². The Morgan fingerprint density at radius 1 is 0.854 bits per heavy atom. The van der Waals surface area contributed by atoms with Gasteiger partial charge in [0, 0.05) is 40.5 Å². The van der Waals surface area contributed by atoms with Gasteiger partial charge in [-0.1, -0.05) is 72.8 Å². The molecule has 0 spiro atoms. The van der Waals surface area contributed by atoms with Crippen LogP contribution in [0.4, 0.5) is 4.79 Å². The lowest BCUT2D eigenvalue weighted by Gasteiger charge is -2.37. The van der Waals surface area contributed by atoms with E-state index in [0.29, 0.717) is 13.0 Å². The van der Waals surface area contributed by atoms with Crippen LogP contribution in [-0.2, 0) is 36.7 Å². The van der Waals surface area contributed by atoms with Crippen molar-refractivity contribution in [1.29, 1.82) is 0 Å². The van der Waals surface area contributed by atoms with Gasteiger partial charge in [0.15, 0.2) is 0 Å². The Kier molecular flexibility index (Phi) is 12.6. The maximum Gasteiger partial charge on any atom is 0.410 e. The molecule has 0 bridgehead atoms. The summed E-state index contributed by atoms with van der Waals surface area (Å²) in [5.41, 5.74) is 1.18. The molecule has 0 aromatic heterocycles. The third-order valence-corrected chi connectivity index (χ3v) is 8.82. The number of likely N-dealkylation sites (N-methyl/N-ethyl adjacent to an activating group) is 3. The van der Waals surface area contributed by atoms with Crippen molar-refractivity contribution >= 4 is 34.6 Å². The molecule has 3 aromatic rings. The van der Waals surface area contributed by atoms with Crippen molar-refractivity contribution in [3.63, 3.8) is 0 Å². The number of likely N-dealkylation sites (tertiary alicyclic amines) is 1. The number of ether oxygens (including phenoxy) is 2. The van der Waals surface area contributed by atoms with Gasteiger partial charge in [-0.05, 0) is 61.9 Å². The molecule has 0 aliphatic carbocycles. The predicted octanol–water partition coefficient (Wildman–Crippen LogP) is 4.83. The second-order valence-corrected chi connectivity index (χ2v) is 13.5. The summed E-state index contributed by atoms with van der Waals surface area (Å²) in [7, 11) is 4.76. The van der Waals surface area contributed by atoms with Gasteiger partial charge >= 0.3 is 6.09 Å². The molecule has 1 unspecified atom stereocenters. The monoisotopic (exact) mass is 658 g/mol. The minimum absolute atomic E-state index is 0.178. The highest BCUT2D eigenvalue weighted by Gasteiger charge is 2.36. The van der Waals surface area contributed by atoms with Gasteiger partial charge in [0.25, 0.3) is 0 Å². The Balaban J connectivity index is 1.52. The van der Waals surface area contributed by atoms with Gasteiger partial charge in [0.2, 0.25) is 17.7 Å². The minimum atomic E-state index is -0.900. The summed E-state index contributed by atoms with van der Waals surface area (Å²) < 4.78 is 11.5. The van der Waals surface area contributed by atoms with E-state index in [-0.39, 0.29) is 49.5 Å². The second kappa shape index (κ2) is 16.6. The number of benzene rings is 3. The zero-order valence-electron chi connectivity index (χ0n) is 29.1. The standard InChI is InChI=1S/C38H50N4O6/c1-38(2,3)48-37(46)42-21-13-12-18-31(42)25-47-26-34(43)40(5)33(24-28-19-20-29-16-10-11-17-30(29)22-28)36(45)41(6)32(35(44)39-4)23-27-14-8-7-9-15-27/h7-11,14-17,19-20,22,31-33H,12-13,18,21,23-26H2,1-6H3,(H,39,44)/t31?,32-,33-/m1/s1. The van der Waals surface area contributed by atoms with E-state index in [2.05, 4.69) is 5.32 Å². The largest absolute Gasteiger partial charge is 0.444 e. The molecule has 1 aliphatic rings. The number of amides is 4. The average Bonchev–Trinajstić information content (AvgIpc) is 3.08. The molecule has 10 heteroatoms. The molecule has 1 saturated heterocycles. The van der Waals surface area contributed by atoms with Crippen molar-refractivity contribution < 1.29 is 28.7 Å². The first-order valence-corrected chi connectivity index (χ1v) is 16.7. The van der Waals surface area contributed by atoms with Crippen LogP contribution in [0.5, 0.6) is 0 Å². The molecular weight excluding hydrogens is 608 g/mol. The molecule has 1 N–H and O–H groups in total. The quantitative estimate of drug-likeness (QED) is 0.299. The van der Waals surface area contributed by atoms with Crippen molar-refractivity contribution in [3.05, 3.63) is 83.9 Å². The molecule has 0 saturated carbocycles. The van der Waals surface area contributed by atoms with E-state index in [4.69, 9.17) is 9.47 Å². The molecule has 4 rings (SSSR count). The fraction of sp³-hybridized carbons (Fsp3) is 0.474. The van der Waals surface area contributed by atoms with Gasteiger partial charge in [-0.2, -0.15) is 0 Å². The summed E-state index contributed by atoms with van der Waals surface area (Å²) >= 11 is 0. The molecule has 1 fully saturated rings. The maximum atomic E-state index is 14.3. The first-order chi connectivity index (χ1) is 22.9. The highest BCUT2D eigenvalue weighted by atomic mass is 16.6. The van der Waals surface area contributed by atoms with Crippen LogP contribution in [0.1, 0.15) is 51.2 Å².